The molecule has 0 radical (unpaired) electrons. The fraction of sp³-hybridized carbons (Fsp3) is 0.647. The summed E-state index contributed by atoms with van der Waals surface area (Å²) in [6, 6.07) is 9.51. The van der Waals surface area contributed by atoms with Crippen LogP contribution in [-0.2, 0) is 4.74 Å². The van der Waals surface area contributed by atoms with Gasteiger partial charge in [0.05, 0.1) is 6.61 Å². The van der Waals surface area contributed by atoms with Gasteiger partial charge in [0.25, 0.3) is 0 Å². The van der Waals surface area contributed by atoms with Gasteiger partial charge >= 0.3 is 0 Å². The van der Waals surface area contributed by atoms with Crippen molar-refractivity contribution in [2.75, 3.05) is 19.8 Å². The van der Waals surface area contributed by atoms with Gasteiger partial charge < -0.3 is 10.1 Å². The second-order valence-corrected chi connectivity index (χ2v) is 6.15. The van der Waals surface area contributed by atoms with Crippen molar-refractivity contribution in [2.45, 2.75) is 44.6 Å². The second kappa shape index (κ2) is 6.06. The maximum atomic E-state index is 5.57. The number of rotatable bonds is 3. The van der Waals surface area contributed by atoms with Gasteiger partial charge in [0.1, 0.15) is 0 Å². The lowest BCUT2D eigenvalue weighted by atomic mass is 9.81. The van der Waals surface area contributed by atoms with Crippen LogP contribution in [0.25, 0.3) is 0 Å². The van der Waals surface area contributed by atoms with Crippen molar-refractivity contribution in [3.05, 3.63) is 35.4 Å². The van der Waals surface area contributed by atoms with Crippen LogP contribution in [0.5, 0.6) is 0 Å². The highest BCUT2D eigenvalue weighted by Crippen LogP contribution is 2.37. The fourth-order valence-electron chi connectivity index (χ4n) is 3.49. The van der Waals surface area contributed by atoms with Crippen molar-refractivity contribution in [3.63, 3.8) is 0 Å². The van der Waals surface area contributed by atoms with E-state index in [2.05, 4.69) is 36.5 Å². The van der Waals surface area contributed by atoms with Gasteiger partial charge in [0.15, 0.2) is 0 Å². The van der Waals surface area contributed by atoms with Crippen molar-refractivity contribution in [1.82, 2.24) is 5.32 Å². The molecule has 3 rings (SSSR count). The minimum Gasteiger partial charge on any atom is -0.381 e. The van der Waals surface area contributed by atoms with Crippen LogP contribution < -0.4 is 5.32 Å². The first kappa shape index (κ1) is 13.1. The molecule has 0 saturated carbocycles. The van der Waals surface area contributed by atoms with Crippen molar-refractivity contribution >= 4 is 0 Å². The highest BCUT2D eigenvalue weighted by molar-refractivity contribution is 5.34. The minimum atomic E-state index is 0.550. The van der Waals surface area contributed by atoms with E-state index < -0.39 is 0 Å². The first-order chi connectivity index (χ1) is 9.34. The molecule has 0 amide bonds. The molecule has 1 aromatic rings. The summed E-state index contributed by atoms with van der Waals surface area (Å²) in [6.07, 6.45) is 5.12. The molecule has 0 aromatic heterocycles. The summed E-state index contributed by atoms with van der Waals surface area (Å²) in [7, 11) is 0. The lowest BCUT2D eigenvalue weighted by molar-refractivity contribution is 0.0535. The van der Waals surface area contributed by atoms with Crippen LogP contribution in [0.4, 0.5) is 0 Å². The monoisotopic (exact) mass is 259 g/mol. The fourth-order valence-corrected chi connectivity index (χ4v) is 3.49. The highest BCUT2D eigenvalue weighted by Gasteiger charge is 2.25. The Kier molecular flexibility index (Phi) is 4.19. The SMILES string of the molecule is CC1CCC(NCC2CCCOC2)c2ccccc21. The Morgan fingerprint density at radius 1 is 1.16 bits per heavy atom. The van der Waals surface area contributed by atoms with Gasteiger partial charge in [-0.25, -0.2) is 0 Å². The van der Waals surface area contributed by atoms with Gasteiger partial charge in [-0.15, -0.1) is 0 Å². The normalized spacial score (nSPS) is 30.9. The van der Waals surface area contributed by atoms with Crippen molar-refractivity contribution < 1.29 is 4.74 Å². The van der Waals surface area contributed by atoms with E-state index in [0.29, 0.717) is 17.9 Å². The number of ether oxygens (including phenoxy) is 1. The summed E-state index contributed by atoms with van der Waals surface area (Å²) in [5.41, 5.74) is 3.07. The van der Waals surface area contributed by atoms with Crippen LogP contribution in [0.15, 0.2) is 24.3 Å². The van der Waals surface area contributed by atoms with Crippen LogP contribution in [0.3, 0.4) is 0 Å². The molecule has 104 valence electrons. The van der Waals surface area contributed by atoms with Gasteiger partial charge in [-0.1, -0.05) is 31.2 Å². The molecule has 1 aliphatic carbocycles. The molecule has 0 bridgehead atoms. The smallest absolute Gasteiger partial charge is 0.0506 e. The van der Waals surface area contributed by atoms with E-state index in [1.54, 1.807) is 5.56 Å². The summed E-state index contributed by atoms with van der Waals surface area (Å²) >= 11 is 0. The largest absolute Gasteiger partial charge is 0.381 e. The Morgan fingerprint density at radius 2 is 2.00 bits per heavy atom. The molecule has 1 N–H and O–H groups in total. The lowest BCUT2D eigenvalue weighted by Gasteiger charge is -2.32. The topological polar surface area (TPSA) is 21.3 Å². The summed E-state index contributed by atoms with van der Waals surface area (Å²) in [5.74, 6) is 1.42. The summed E-state index contributed by atoms with van der Waals surface area (Å²) in [4.78, 5) is 0. The van der Waals surface area contributed by atoms with Gasteiger partial charge in [-0.05, 0) is 48.6 Å². The van der Waals surface area contributed by atoms with Crippen LogP contribution in [-0.4, -0.2) is 19.8 Å². The van der Waals surface area contributed by atoms with E-state index in [0.717, 1.165) is 19.8 Å². The molecule has 2 nitrogen and oxygen atoms in total. The zero-order valence-corrected chi connectivity index (χ0v) is 11.9. The van der Waals surface area contributed by atoms with Crippen LogP contribution in [0.1, 0.15) is 55.7 Å². The molecule has 1 fully saturated rings. The number of hydrogen-bond donors (Lipinski definition) is 1. The summed E-state index contributed by atoms with van der Waals surface area (Å²) < 4.78 is 5.57. The highest BCUT2D eigenvalue weighted by atomic mass is 16.5. The zero-order chi connectivity index (χ0) is 13.1. The number of fused-ring (bicyclic) bond motifs is 1. The predicted molar refractivity (Wildman–Crippen MR) is 78.4 cm³/mol. The van der Waals surface area contributed by atoms with Gasteiger partial charge in [-0.2, -0.15) is 0 Å². The summed E-state index contributed by atoms with van der Waals surface area (Å²) in [5, 5.41) is 3.79. The molecule has 0 spiro atoms. The second-order valence-electron chi connectivity index (χ2n) is 6.15. The van der Waals surface area contributed by atoms with Gasteiger partial charge in [0.2, 0.25) is 0 Å². The van der Waals surface area contributed by atoms with E-state index >= 15 is 0 Å². The Labute approximate surface area is 116 Å². The number of nitrogens with one attached hydrogen (secondary N) is 1. The number of hydrogen-bond acceptors (Lipinski definition) is 2. The quantitative estimate of drug-likeness (QED) is 0.895. The molecule has 1 aliphatic heterocycles. The van der Waals surface area contributed by atoms with Crippen molar-refractivity contribution in [1.29, 1.82) is 0 Å². The molecule has 1 aromatic carbocycles. The van der Waals surface area contributed by atoms with Crippen LogP contribution >= 0.6 is 0 Å². The maximum Gasteiger partial charge on any atom is 0.0506 e. The third-order valence-corrected chi connectivity index (χ3v) is 4.70. The molecule has 19 heavy (non-hydrogen) atoms. The van der Waals surface area contributed by atoms with Crippen LogP contribution in [0, 0.1) is 5.92 Å². The lowest BCUT2D eigenvalue weighted by Crippen LogP contribution is -2.33. The van der Waals surface area contributed by atoms with Crippen LogP contribution in [0.2, 0.25) is 0 Å². The van der Waals surface area contributed by atoms with Crippen molar-refractivity contribution in [3.8, 4) is 0 Å². The van der Waals surface area contributed by atoms with E-state index in [4.69, 9.17) is 4.74 Å². The zero-order valence-electron chi connectivity index (χ0n) is 11.9. The third kappa shape index (κ3) is 3.01. The first-order valence-corrected chi connectivity index (χ1v) is 7.74. The molecule has 3 unspecified atom stereocenters. The molecular formula is C17H25NO. The standard InChI is InChI=1S/C17H25NO/c1-13-8-9-17(16-7-3-2-6-15(13)16)18-11-14-5-4-10-19-12-14/h2-3,6-7,13-14,17-18H,4-5,8-12H2,1H3. The number of benzene rings is 1. The molecule has 3 atom stereocenters. The van der Waals surface area contributed by atoms with E-state index in [1.165, 1.54) is 31.2 Å². The molecule has 2 aliphatic rings. The molecule has 1 saturated heterocycles. The third-order valence-electron chi connectivity index (χ3n) is 4.70. The average Bonchev–Trinajstić information content (AvgIpc) is 2.48. The molecule has 1 heterocycles. The van der Waals surface area contributed by atoms with Gasteiger partial charge in [-0.3, -0.25) is 0 Å². The maximum absolute atomic E-state index is 5.57. The molecular weight excluding hydrogens is 234 g/mol. The van der Waals surface area contributed by atoms with Crippen molar-refractivity contribution in [2.24, 2.45) is 5.92 Å². The Balaban J connectivity index is 1.64. The Morgan fingerprint density at radius 3 is 2.79 bits per heavy atom. The Bertz CT molecular complexity index is 411. The summed E-state index contributed by atoms with van der Waals surface area (Å²) in [6.45, 7) is 5.36. The van der Waals surface area contributed by atoms with E-state index in [9.17, 15) is 0 Å². The minimum absolute atomic E-state index is 0.550. The van der Waals surface area contributed by atoms with E-state index in [-0.39, 0.29) is 0 Å². The Hall–Kier alpha value is -0.860. The van der Waals surface area contributed by atoms with E-state index in [1.807, 2.05) is 0 Å². The first-order valence-electron chi connectivity index (χ1n) is 7.74. The molecule has 2 heteroatoms. The predicted octanol–water partition coefficient (Wildman–Crippen LogP) is 3.64. The average molecular weight is 259 g/mol. The van der Waals surface area contributed by atoms with Gasteiger partial charge in [0, 0.05) is 19.2 Å².